The number of hydrogen-bond donors (Lipinski definition) is 3. The quantitative estimate of drug-likeness (QED) is 0.721. The van der Waals surface area contributed by atoms with Crippen molar-refractivity contribution in [3.05, 3.63) is 11.8 Å². The van der Waals surface area contributed by atoms with E-state index >= 15 is 0 Å². The summed E-state index contributed by atoms with van der Waals surface area (Å²) in [5, 5.41) is 16.4. The minimum atomic E-state index is 0.0219. The highest BCUT2D eigenvalue weighted by molar-refractivity contribution is 5.42. The van der Waals surface area contributed by atoms with Crippen molar-refractivity contribution in [2.24, 2.45) is 5.41 Å². The largest absolute Gasteiger partial charge is 0.396 e. The molecular formula is C16H28N4O. The van der Waals surface area contributed by atoms with E-state index in [9.17, 15) is 5.11 Å². The van der Waals surface area contributed by atoms with Gasteiger partial charge in [0.25, 0.3) is 0 Å². The first-order chi connectivity index (χ1) is 10.2. The van der Waals surface area contributed by atoms with Gasteiger partial charge in [-0.25, -0.2) is 4.98 Å². The topological polar surface area (TPSA) is 70.1 Å². The fraction of sp³-hybridized carbons (Fsp3) is 0.750. The van der Waals surface area contributed by atoms with E-state index in [4.69, 9.17) is 0 Å². The number of aliphatic hydroxyl groups is 1. The summed E-state index contributed by atoms with van der Waals surface area (Å²) >= 11 is 0. The molecule has 1 aromatic rings. The first-order valence-corrected chi connectivity index (χ1v) is 8.12. The van der Waals surface area contributed by atoms with Gasteiger partial charge in [-0.2, -0.15) is 4.98 Å². The average molecular weight is 292 g/mol. The number of nitrogens with zero attached hydrogens (tertiary/aromatic N) is 2. The molecule has 118 valence electrons. The number of hydrogen-bond acceptors (Lipinski definition) is 5. The van der Waals surface area contributed by atoms with Crippen LogP contribution in [0, 0.1) is 12.3 Å². The maximum atomic E-state index is 9.76. The van der Waals surface area contributed by atoms with Crippen LogP contribution in [0.15, 0.2) is 6.07 Å². The number of aromatic nitrogens is 2. The first-order valence-electron chi connectivity index (χ1n) is 8.12. The van der Waals surface area contributed by atoms with Crippen molar-refractivity contribution in [1.82, 2.24) is 9.97 Å². The summed E-state index contributed by atoms with van der Waals surface area (Å²) in [6, 6.07) is 1.96. The van der Waals surface area contributed by atoms with Gasteiger partial charge in [0.2, 0.25) is 5.95 Å². The molecule has 0 unspecified atom stereocenters. The molecule has 0 spiro atoms. The van der Waals surface area contributed by atoms with E-state index < -0.39 is 0 Å². The van der Waals surface area contributed by atoms with Gasteiger partial charge in [-0.3, -0.25) is 0 Å². The molecule has 1 aliphatic carbocycles. The lowest BCUT2D eigenvalue weighted by molar-refractivity contribution is 0.0943. The van der Waals surface area contributed by atoms with Crippen LogP contribution in [0.3, 0.4) is 0 Å². The third kappa shape index (κ3) is 4.56. The molecule has 21 heavy (non-hydrogen) atoms. The van der Waals surface area contributed by atoms with Crippen molar-refractivity contribution in [3.63, 3.8) is 0 Å². The molecule has 0 bridgehead atoms. The van der Waals surface area contributed by atoms with E-state index in [-0.39, 0.29) is 12.0 Å². The molecule has 1 fully saturated rings. The Bertz CT molecular complexity index is 444. The lowest BCUT2D eigenvalue weighted by Crippen LogP contribution is -2.35. The van der Waals surface area contributed by atoms with Crippen LogP contribution in [0.1, 0.15) is 51.1 Å². The van der Waals surface area contributed by atoms with Crippen LogP contribution in [0.2, 0.25) is 0 Å². The zero-order chi connectivity index (χ0) is 15.1. The van der Waals surface area contributed by atoms with Gasteiger partial charge in [0, 0.05) is 30.3 Å². The summed E-state index contributed by atoms with van der Waals surface area (Å²) < 4.78 is 0. The molecule has 0 radical (unpaired) electrons. The van der Waals surface area contributed by atoms with Crippen molar-refractivity contribution >= 4 is 11.8 Å². The van der Waals surface area contributed by atoms with Crippen LogP contribution in [0.5, 0.6) is 0 Å². The second-order valence-corrected chi connectivity index (χ2v) is 6.22. The zero-order valence-corrected chi connectivity index (χ0v) is 13.3. The Labute approximate surface area is 127 Å². The Morgan fingerprint density at radius 2 is 1.95 bits per heavy atom. The van der Waals surface area contributed by atoms with Gasteiger partial charge in [0.1, 0.15) is 5.82 Å². The molecule has 0 aromatic carbocycles. The fourth-order valence-corrected chi connectivity index (χ4v) is 2.95. The molecule has 0 amide bonds. The monoisotopic (exact) mass is 292 g/mol. The minimum absolute atomic E-state index is 0.0219. The number of anilines is 2. The van der Waals surface area contributed by atoms with E-state index in [1.165, 1.54) is 19.3 Å². The van der Waals surface area contributed by atoms with Crippen LogP contribution in [-0.2, 0) is 0 Å². The molecule has 1 aromatic heterocycles. The molecule has 3 N–H and O–H groups in total. The Morgan fingerprint density at radius 1 is 1.19 bits per heavy atom. The summed E-state index contributed by atoms with van der Waals surface area (Å²) in [6.45, 7) is 6.02. The van der Waals surface area contributed by atoms with Gasteiger partial charge >= 0.3 is 0 Å². The molecule has 5 nitrogen and oxygen atoms in total. The normalized spacial score (nSPS) is 17.5. The molecule has 1 heterocycles. The molecule has 2 rings (SSSR count). The predicted molar refractivity (Wildman–Crippen MR) is 86.6 cm³/mol. The van der Waals surface area contributed by atoms with Crippen molar-refractivity contribution < 1.29 is 5.11 Å². The lowest BCUT2D eigenvalue weighted by Gasteiger charge is -2.35. The van der Waals surface area contributed by atoms with Gasteiger partial charge in [0.15, 0.2) is 0 Å². The average Bonchev–Trinajstić information content (AvgIpc) is 2.51. The molecule has 0 atom stereocenters. The maximum absolute atomic E-state index is 9.76. The highest BCUT2D eigenvalue weighted by atomic mass is 16.3. The summed E-state index contributed by atoms with van der Waals surface area (Å²) in [5.41, 5.74) is 0.974. The SMILES string of the molecule is CCCNc1nc(C)cc(NCC2(CO)CCCCC2)n1. The van der Waals surface area contributed by atoms with Crippen molar-refractivity contribution in [2.45, 2.75) is 52.4 Å². The van der Waals surface area contributed by atoms with Gasteiger partial charge in [-0.05, 0) is 26.2 Å². The van der Waals surface area contributed by atoms with Crippen molar-refractivity contribution in [1.29, 1.82) is 0 Å². The van der Waals surface area contributed by atoms with Crippen LogP contribution in [-0.4, -0.2) is 34.8 Å². The Kier molecular flexibility index (Phi) is 5.79. The third-order valence-electron chi connectivity index (χ3n) is 4.28. The highest BCUT2D eigenvalue weighted by Crippen LogP contribution is 2.35. The second-order valence-electron chi connectivity index (χ2n) is 6.22. The fourth-order valence-electron chi connectivity index (χ4n) is 2.95. The first kappa shape index (κ1) is 16.0. The van der Waals surface area contributed by atoms with Gasteiger partial charge in [-0.1, -0.05) is 26.2 Å². The van der Waals surface area contributed by atoms with Gasteiger partial charge < -0.3 is 15.7 Å². The smallest absolute Gasteiger partial charge is 0.224 e. The van der Waals surface area contributed by atoms with Crippen LogP contribution in [0.4, 0.5) is 11.8 Å². The molecule has 5 heteroatoms. The second kappa shape index (κ2) is 7.59. The number of aryl methyl sites for hydroxylation is 1. The molecule has 1 aliphatic rings. The van der Waals surface area contributed by atoms with E-state index in [1.54, 1.807) is 0 Å². The number of aliphatic hydroxyl groups excluding tert-OH is 1. The zero-order valence-electron chi connectivity index (χ0n) is 13.3. The summed E-state index contributed by atoms with van der Waals surface area (Å²) in [7, 11) is 0. The minimum Gasteiger partial charge on any atom is -0.396 e. The van der Waals surface area contributed by atoms with Gasteiger partial charge in [-0.15, -0.1) is 0 Å². The van der Waals surface area contributed by atoms with E-state index in [0.29, 0.717) is 5.95 Å². The Morgan fingerprint density at radius 3 is 2.62 bits per heavy atom. The van der Waals surface area contributed by atoms with E-state index in [0.717, 1.165) is 43.9 Å². The molecule has 0 saturated heterocycles. The highest BCUT2D eigenvalue weighted by Gasteiger charge is 2.31. The maximum Gasteiger partial charge on any atom is 0.224 e. The lowest BCUT2D eigenvalue weighted by atomic mass is 9.74. The number of rotatable bonds is 7. The molecule has 0 aliphatic heterocycles. The summed E-state index contributed by atoms with van der Waals surface area (Å²) in [6.07, 6.45) is 6.97. The van der Waals surface area contributed by atoms with Crippen LogP contribution < -0.4 is 10.6 Å². The number of nitrogens with one attached hydrogen (secondary N) is 2. The van der Waals surface area contributed by atoms with Crippen LogP contribution >= 0.6 is 0 Å². The van der Waals surface area contributed by atoms with Crippen LogP contribution in [0.25, 0.3) is 0 Å². The Balaban J connectivity index is 1.99. The van der Waals surface area contributed by atoms with Crippen molar-refractivity contribution in [3.8, 4) is 0 Å². The predicted octanol–water partition coefficient (Wildman–Crippen LogP) is 2.96. The standard InChI is InChI=1S/C16H28N4O/c1-3-9-17-15-19-13(2)10-14(20-15)18-11-16(12-21)7-5-4-6-8-16/h10,21H,3-9,11-12H2,1-2H3,(H2,17,18,19,20). The van der Waals surface area contributed by atoms with Crippen molar-refractivity contribution in [2.75, 3.05) is 30.3 Å². The third-order valence-corrected chi connectivity index (χ3v) is 4.28. The summed E-state index contributed by atoms with van der Waals surface area (Å²) in [4.78, 5) is 8.90. The molecule has 1 saturated carbocycles. The van der Waals surface area contributed by atoms with E-state index in [2.05, 4.69) is 27.5 Å². The Hall–Kier alpha value is -1.36. The van der Waals surface area contributed by atoms with E-state index in [1.807, 2.05) is 13.0 Å². The summed E-state index contributed by atoms with van der Waals surface area (Å²) in [5.74, 6) is 1.53. The molecular weight excluding hydrogens is 264 g/mol. The van der Waals surface area contributed by atoms with Gasteiger partial charge in [0.05, 0.1) is 6.61 Å².